The highest BCUT2D eigenvalue weighted by Crippen LogP contribution is 2.18. The number of H-pyrrole nitrogens is 1. The highest BCUT2D eigenvalue weighted by molar-refractivity contribution is 5.15. The molecule has 2 N–H and O–H groups in total. The van der Waals surface area contributed by atoms with Crippen LogP contribution in [0.2, 0.25) is 0 Å². The SMILES string of the molecule is CCc1nc(CC2CCNCC2)[nH]c1CC. The van der Waals surface area contributed by atoms with Crippen molar-refractivity contribution in [3.63, 3.8) is 0 Å². The Kier molecular flexibility index (Phi) is 3.99. The van der Waals surface area contributed by atoms with E-state index in [0.717, 1.165) is 25.2 Å². The summed E-state index contributed by atoms with van der Waals surface area (Å²) in [5, 5.41) is 3.41. The van der Waals surface area contributed by atoms with Gasteiger partial charge in [0.1, 0.15) is 5.82 Å². The quantitative estimate of drug-likeness (QED) is 0.817. The van der Waals surface area contributed by atoms with Crippen molar-refractivity contribution in [2.45, 2.75) is 46.0 Å². The molecule has 0 amide bonds. The average Bonchev–Trinajstić information content (AvgIpc) is 2.72. The summed E-state index contributed by atoms with van der Waals surface area (Å²) in [5.74, 6) is 2.03. The van der Waals surface area contributed by atoms with E-state index >= 15 is 0 Å². The van der Waals surface area contributed by atoms with Crippen LogP contribution in [0.5, 0.6) is 0 Å². The van der Waals surface area contributed by atoms with E-state index in [-0.39, 0.29) is 0 Å². The van der Waals surface area contributed by atoms with Gasteiger partial charge in [0.2, 0.25) is 0 Å². The van der Waals surface area contributed by atoms with Crippen LogP contribution in [0.3, 0.4) is 0 Å². The maximum Gasteiger partial charge on any atom is 0.106 e. The molecule has 0 atom stereocenters. The topological polar surface area (TPSA) is 40.7 Å². The van der Waals surface area contributed by atoms with Crippen molar-refractivity contribution < 1.29 is 0 Å². The highest BCUT2D eigenvalue weighted by Gasteiger charge is 2.16. The number of aromatic amines is 1. The van der Waals surface area contributed by atoms with Gasteiger partial charge in [0.25, 0.3) is 0 Å². The molecule has 1 saturated heterocycles. The average molecular weight is 221 g/mol. The predicted molar refractivity (Wildman–Crippen MR) is 66.6 cm³/mol. The van der Waals surface area contributed by atoms with Gasteiger partial charge in [-0.15, -0.1) is 0 Å². The molecule has 2 heterocycles. The van der Waals surface area contributed by atoms with Gasteiger partial charge >= 0.3 is 0 Å². The van der Waals surface area contributed by atoms with Crippen molar-refractivity contribution in [3.05, 3.63) is 17.2 Å². The first-order valence-corrected chi connectivity index (χ1v) is 6.60. The molecule has 1 aliphatic rings. The summed E-state index contributed by atoms with van der Waals surface area (Å²) < 4.78 is 0. The van der Waals surface area contributed by atoms with Gasteiger partial charge in [-0.05, 0) is 44.7 Å². The van der Waals surface area contributed by atoms with Crippen LogP contribution in [0.25, 0.3) is 0 Å². The zero-order valence-electron chi connectivity index (χ0n) is 10.5. The number of nitrogens with one attached hydrogen (secondary N) is 2. The van der Waals surface area contributed by atoms with Crippen molar-refractivity contribution in [1.29, 1.82) is 0 Å². The molecule has 3 heteroatoms. The molecule has 0 bridgehead atoms. The third kappa shape index (κ3) is 2.64. The van der Waals surface area contributed by atoms with Crippen LogP contribution in [0.15, 0.2) is 0 Å². The number of nitrogens with zero attached hydrogens (tertiary/aromatic N) is 1. The maximum absolute atomic E-state index is 4.72. The van der Waals surface area contributed by atoms with Gasteiger partial charge < -0.3 is 10.3 Å². The Morgan fingerprint density at radius 1 is 1.19 bits per heavy atom. The molecule has 1 aromatic rings. The molecular weight excluding hydrogens is 198 g/mol. The van der Waals surface area contributed by atoms with Gasteiger partial charge in [0.15, 0.2) is 0 Å². The first kappa shape index (κ1) is 11.6. The highest BCUT2D eigenvalue weighted by atomic mass is 14.9. The third-order valence-corrected chi connectivity index (χ3v) is 3.54. The minimum absolute atomic E-state index is 0.821. The fraction of sp³-hybridized carbons (Fsp3) is 0.769. The first-order chi connectivity index (χ1) is 7.83. The number of aromatic nitrogens is 2. The number of hydrogen-bond donors (Lipinski definition) is 2. The third-order valence-electron chi connectivity index (χ3n) is 3.54. The molecule has 1 aromatic heterocycles. The van der Waals surface area contributed by atoms with Crippen LogP contribution in [-0.2, 0) is 19.3 Å². The monoisotopic (exact) mass is 221 g/mol. The van der Waals surface area contributed by atoms with E-state index in [1.807, 2.05) is 0 Å². The van der Waals surface area contributed by atoms with E-state index in [1.165, 1.54) is 43.1 Å². The van der Waals surface area contributed by atoms with E-state index in [0.29, 0.717) is 0 Å². The van der Waals surface area contributed by atoms with E-state index < -0.39 is 0 Å². The Bertz CT molecular complexity index is 302. The largest absolute Gasteiger partial charge is 0.346 e. The molecule has 2 rings (SSSR count). The zero-order chi connectivity index (χ0) is 11.4. The van der Waals surface area contributed by atoms with Crippen LogP contribution in [0.1, 0.15) is 43.9 Å². The molecule has 0 unspecified atom stereocenters. The van der Waals surface area contributed by atoms with E-state index in [4.69, 9.17) is 4.98 Å². The number of rotatable bonds is 4. The summed E-state index contributed by atoms with van der Waals surface area (Å²) in [6.07, 6.45) is 5.84. The van der Waals surface area contributed by atoms with Gasteiger partial charge in [-0.1, -0.05) is 13.8 Å². The van der Waals surface area contributed by atoms with Crippen molar-refractivity contribution in [2.75, 3.05) is 13.1 Å². The first-order valence-electron chi connectivity index (χ1n) is 6.60. The predicted octanol–water partition coefficient (Wildman–Crippen LogP) is 2.08. The van der Waals surface area contributed by atoms with E-state index in [9.17, 15) is 0 Å². The molecule has 0 saturated carbocycles. The second kappa shape index (κ2) is 5.48. The Morgan fingerprint density at radius 2 is 1.94 bits per heavy atom. The molecule has 1 aliphatic heterocycles. The zero-order valence-corrected chi connectivity index (χ0v) is 10.5. The molecule has 0 spiro atoms. The summed E-state index contributed by atoms with van der Waals surface area (Å²) in [5.41, 5.74) is 2.61. The second-order valence-corrected chi connectivity index (χ2v) is 4.71. The van der Waals surface area contributed by atoms with Gasteiger partial charge in [0, 0.05) is 12.1 Å². The lowest BCUT2D eigenvalue weighted by Crippen LogP contribution is -2.28. The van der Waals surface area contributed by atoms with E-state index in [1.54, 1.807) is 0 Å². The van der Waals surface area contributed by atoms with Crippen LogP contribution in [0.4, 0.5) is 0 Å². The normalized spacial score (nSPS) is 17.9. The summed E-state index contributed by atoms with van der Waals surface area (Å²) in [7, 11) is 0. The van der Waals surface area contributed by atoms with Gasteiger partial charge in [-0.3, -0.25) is 0 Å². The lowest BCUT2D eigenvalue weighted by molar-refractivity contribution is 0.368. The Balaban J connectivity index is 2.00. The molecule has 90 valence electrons. The van der Waals surface area contributed by atoms with E-state index in [2.05, 4.69) is 24.1 Å². The smallest absolute Gasteiger partial charge is 0.106 e. The van der Waals surface area contributed by atoms with Gasteiger partial charge in [-0.25, -0.2) is 4.98 Å². The van der Waals surface area contributed by atoms with Gasteiger partial charge in [-0.2, -0.15) is 0 Å². The van der Waals surface area contributed by atoms with Crippen molar-refractivity contribution in [2.24, 2.45) is 5.92 Å². The fourth-order valence-corrected chi connectivity index (χ4v) is 2.55. The van der Waals surface area contributed by atoms with Crippen LogP contribution >= 0.6 is 0 Å². The number of hydrogen-bond acceptors (Lipinski definition) is 2. The molecule has 0 aromatic carbocycles. The summed E-state index contributed by atoms with van der Waals surface area (Å²) >= 11 is 0. The van der Waals surface area contributed by atoms with Crippen molar-refractivity contribution in [1.82, 2.24) is 15.3 Å². The Labute approximate surface area is 98.1 Å². The van der Waals surface area contributed by atoms with Crippen molar-refractivity contribution in [3.8, 4) is 0 Å². The maximum atomic E-state index is 4.72. The summed E-state index contributed by atoms with van der Waals surface area (Å²) in [6.45, 7) is 6.73. The molecule has 0 aliphatic carbocycles. The number of piperidine rings is 1. The van der Waals surface area contributed by atoms with Crippen LogP contribution in [0, 0.1) is 5.92 Å². The molecular formula is C13H23N3. The molecule has 1 fully saturated rings. The fourth-order valence-electron chi connectivity index (χ4n) is 2.55. The lowest BCUT2D eigenvalue weighted by Gasteiger charge is -2.21. The minimum Gasteiger partial charge on any atom is -0.346 e. The second-order valence-electron chi connectivity index (χ2n) is 4.71. The number of imidazole rings is 1. The van der Waals surface area contributed by atoms with Crippen LogP contribution < -0.4 is 5.32 Å². The van der Waals surface area contributed by atoms with Crippen LogP contribution in [-0.4, -0.2) is 23.1 Å². The standard InChI is InChI=1S/C13H23N3/c1-3-11-12(4-2)16-13(15-11)9-10-5-7-14-8-6-10/h10,14H,3-9H2,1-2H3,(H,15,16). The lowest BCUT2D eigenvalue weighted by atomic mass is 9.94. The number of aryl methyl sites for hydroxylation is 2. The summed E-state index contributed by atoms with van der Waals surface area (Å²) in [6, 6.07) is 0. The van der Waals surface area contributed by atoms with Crippen molar-refractivity contribution >= 4 is 0 Å². The Hall–Kier alpha value is -0.830. The minimum atomic E-state index is 0.821. The molecule has 0 radical (unpaired) electrons. The molecule has 16 heavy (non-hydrogen) atoms. The van der Waals surface area contributed by atoms with Gasteiger partial charge in [0.05, 0.1) is 5.69 Å². The molecule has 3 nitrogen and oxygen atoms in total. The summed E-state index contributed by atoms with van der Waals surface area (Å²) in [4.78, 5) is 8.22. The Morgan fingerprint density at radius 3 is 2.50 bits per heavy atom.